The summed E-state index contributed by atoms with van der Waals surface area (Å²) >= 11 is 1.55. The molecule has 130 valence electrons. The molecule has 1 aliphatic heterocycles. The summed E-state index contributed by atoms with van der Waals surface area (Å²) in [5, 5.41) is 3.87. The molecule has 0 spiro atoms. The zero-order valence-electron chi connectivity index (χ0n) is 14.3. The molecule has 0 aromatic carbocycles. The lowest BCUT2D eigenvalue weighted by Gasteiger charge is -2.30. The van der Waals surface area contributed by atoms with Gasteiger partial charge in [0.25, 0.3) is 0 Å². The molecule has 3 rings (SSSR count). The van der Waals surface area contributed by atoms with Crippen molar-refractivity contribution in [3.05, 3.63) is 35.7 Å². The Morgan fingerprint density at radius 1 is 1.42 bits per heavy atom. The second kappa shape index (κ2) is 7.88. The number of hydrogen-bond donors (Lipinski definition) is 0. The zero-order valence-corrected chi connectivity index (χ0v) is 15.1. The van der Waals surface area contributed by atoms with Crippen molar-refractivity contribution >= 4 is 17.7 Å². The number of likely N-dealkylation sites (tertiary alicyclic amines) is 1. The highest BCUT2D eigenvalue weighted by Crippen LogP contribution is 2.30. The number of aryl methyl sites for hydroxylation is 2. The number of nitrogens with zero attached hydrogens (tertiary/aromatic N) is 4. The van der Waals surface area contributed by atoms with Gasteiger partial charge in [-0.25, -0.2) is 0 Å². The monoisotopic (exact) mass is 348 g/mol. The third-order valence-corrected chi connectivity index (χ3v) is 5.34. The molecule has 3 heterocycles. The van der Waals surface area contributed by atoms with Crippen LogP contribution in [0.25, 0.3) is 0 Å². The van der Waals surface area contributed by atoms with E-state index < -0.39 is 0 Å². The molecule has 24 heavy (non-hydrogen) atoms. The average Bonchev–Trinajstić information content (AvgIpc) is 3.08. The quantitative estimate of drug-likeness (QED) is 0.831. The van der Waals surface area contributed by atoms with Crippen LogP contribution in [-0.4, -0.2) is 37.8 Å². The van der Waals surface area contributed by atoms with Gasteiger partial charge in [0.05, 0.1) is 17.5 Å². The van der Waals surface area contributed by atoms with Crippen LogP contribution in [0.2, 0.25) is 0 Å². The van der Waals surface area contributed by atoms with E-state index in [4.69, 9.17) is 4.52 Å². The van der Waals surface area contributed by atoms with E-state index in [0.29, 0.717) is 23.2 Å². The van der Waals surface area contributed by atoms with Crippen LogP contribution in [0.15, 0.2) is 22.9 Å². The van der Waals surface area contributed by atoms with Gasteiger partial charge in [-0.1, -0.05) is 18.0 Å². The van der Waals surface area contributed by atoms with Crippen LogP contribution in [-0.2, 0) is 17.6 Å². The smallest absolute Gasteiger partial charge is 0.233 e. The molecule has 0 bridgehead atoms. The lowest BCUT2D eigenvalue weighted by Crippen LogP contribution is -2.36. The molecular weight excluding hydrogens is 324 g/mol. The van der Waals surface area contributed by atoms with Crippen LogP contribution in [0.4, 0.5) is 0 Å². The van der Waals surface area contributed by atoms with Crippen LogP contribution in [0.5, 0.6) is 0 Å². The van der Waals surface area contributed by atoms with Gasteiger partial charge < -0.3 is 14.0 Å². The summed E-state index contributed by atoms with van der Waals surface area (Å²) < 4.78 is 7.09. The van der Waals surface area contributed by atoms with Gasteiger partial charge in [0, 0.05) is 32.4 Å². The Morgan fingerprint density at radius 3 is 3.00 bits per heavy atom. The first kappa shape index (κ1) is 17.1. The molecule has 2 aromatic heterocycles. The Kier molecular flexibility index (Phi) is 5.60. The number of carbonyl (C=O) groups is 1. The molecule has 1 aliphatic rings. The summed E-state index contributed by atoms with van der Waals surface area (Å²) in [5.74, 6) is 2.47. The fraction of sp³-hybridized carbons (Fsp3) is 0.588. The summed E-state index contributed by atoms with van der Waals surface area (Å²) in [6.07, 6.45) is 6.55. The lowest BCUT2D eigenvalue weighted by atomic mass is 10.1. The standard InChI is InChI=1S/C17H24N4O2S/c1-13-18-16(19-23-13)11-24-12-17(22)21-10-5-3-4-7-15(21)14-8-6-9-20(14)2/h6,8-9,15H,3-5,7,10-12H2,1-2H3. The van der Waals surface area contributed by atoms with E-state index in [0.717, 1.165) is 19.4 Å². The van der Waals surface area contributed by atoms with Gasteiger partial charge in [-0.3, -0.25) is 4.79 Å². The summed E-state index contributed by atoms with van der Waals surface area (Å²) in [7, 11) is 2.05. The molecule has 7 heteroatoms. The van der Waals surface area contributed by atoms with Gasteiger partial charge in [0.2, 0.25) is 11.8 Å². The fourth-order valence-electron chi connectivity index (χ4n) is 3.25. The van der Waals surface area contributed by atoms with Gasteiger partial charge >= 0.3 is 0 Å². The second-order valence-electron chi connectivity index (χ2n) is 6.22. The van der Waals surface area contributed by atoms with Gasteiger partial charge in [-0.05, 0) is 25.0 Å². The normalized spacial score (nSPS) is 18.6. The Balaban J connectivity index is 1.62. The molecule has 2 aromatic rings. The van der Waals surface area contributed by atoms with E-state index in [9.17, 15) is 4.79 Å². The molecule has 1 unspecified atom stereocenters. The third kappa shape index (κ3) is 4.01. The predicted molar refractivity (Wildman–Crippen MR) is 93.5 cm³/mol. The minimum Gasteiger partial charge on any atom is -0.353 e. The number of aromatic nitrogens is 3. The maximum Gasteiger partial charge on any atom is 0.233 e. The first-order chi connectivity index (χ1) is 11.6. The first-order valence-corrected chi connectivity index (χ1v) is 9.58. The third-order valence-electron chi connectivity index (χ3n) is 4.42. The molecule has 0 aliphatic carbocycles. The summed E-state index contributed by atoms with van der Waals surface area (Å²) in [6, 6.07) is 4.37. The molecule has 1 fully saturated rings. The van der Waals surface area contributed by atoms with Crippen LogP contribution < -0.4 is 0 Å². The minimum atomic E-state index is 0.188. The minimum absolute atomic E-state index is 0.188. The Bertz CT molecular complexity index is 682. The number of amides is 1. The SMILES string of the molecule is Cc1nc(CSCC(=O)N2CCCCCC2c2cccn2C)no1. The van der Waals surface area contributed by atoms with Gasteiger partial charge in [-0.2, -0.15) is 4.98 Å². The molecule has 0 N–H and O–H groups in total. The average molecular weight is 348 g/mol. The van der Waals surface area contributed by atoms with Crippen LogP contribution in [0.1, 0.15) is 49.1 Å². The van der Waals surface area contributed by atoms with Crippen molar-refractivity contribution in [3.63, 3.8) is 0 Å². The second-order valence-corrected chi connectivity index (χ2v) is 7.20. The van der Waals surface area contributed by atoms with Crippen molar-refractivity contribution in [3.8, 4) is 0 Å². The molecule has 0 saturated carbocycles. The fourth-order valence-corrected chi connectivity index (χ4v) is 3.99. The molecular formula is C17H24N4O2S. The predicted octanol–water partition coefficient (Wildman–Crippen LogP) is 3.09. The molecule has 6 nitrogen and oxygen atoms in total. The molecule has 1 saturated heterocycles. The number of rotatable bonds is 5. The summed E-state index contributed by atoms with van der Waals surface area (Å²) in [5.41, 5.74) is 1.23. The van der Waals surface area contributed by atoms with Gasteiger partial charge in [0.15, 0.2) is 5.82 Å². The van der Waals surface area contributed by atoms with E-state index in [2.05, 4.69) is 45.0 Å². The Labute approximate surface area is 146 Å². The van der Waals surface area contributed by atoms with E-state index >= 15 is 0 Å². The maximum absolute atomic E-state index is 12.8. The molecule has 1 amide bonds. The van der Waals surface area contributed by atoms with Gasteiger partial charge in [-0.15, -0.1) is 11.8 Å². The molecule has 0 radical (unpaired) electrons. The van der Waals surface area contributed by atoms with Crippen molar-refractivity contribution in [2.75, 3.05) is 12.3 Å². The van der Waals surface area contributed by atoms with Crippen LogP contribution in [0.3, 0.4) is 0 Å². The van der Waals surface area contributed by atoms with E-state index in [1.807, 2.05) is 0 Å². The van der Waals surface area contributed by atoms with Crippen molar-refractivity contribution in [2.45, 2.75) is 44.4 Å². The topological polar surface area (TPSA) is 64.2 Å². The van der Waals surface area contributed by atoms with Crippen molar-refractivity contribution in [2.24, 2.45) is 7.05 Å². The lowest BCUT2D eigenvalue weighted by molar-refractivity contribution is -0.130. The highest BCUT2D eigenvalue weighted by atomic mass is 32.2. The van der Waals surface area contributed by atoms with Gasteiger partial charge in [0.1, 0.15) is 0 Å². The van der Waals surface area contributed by atoms with Crippen molar-refractivity contribution in [1.29, 1.82) is 0 Å². The van der Waals surface area contributed by atoms with Crippen molar-refractivity contribution < 1.29 is 9.32 Å². The highest BCUT2D eigenvalue weighted by Gasteiger charge is 2.28. The zero-order chi connectivity index (χ0) is 16.9. The van der Waals surface area contributed by atoms with Crippen molar-refractivity contribution in [1.82, 2.24) is 19.6 Å². The largest absolute Gasteiger partial charge is 0.353 e. The number of thioether (sulfide) groups is 1. The van der Waals surface area contributed by atoms with Crippen LogP contribution >= 0.6 is 11.8 Å². The highest BCUT2D eigenvalue weighted by molar-refractivity contribution is 7.99. The van der Waals surface area contributed by atoms with E-state index in [1.165, 1.54) is 18.5 Å². The van der Waals surface area contributed by atoms with E-state index in [-0.39, 0.29) is 11.9 Å². The summed E-state index contributed by atoms with van der Waals surface area (Å²) in [4.78, 5) is 19.0. The number of hydrogen-bond acceptors (Lipinski definition) is 5. The Hall–Kier alpha value is -1.76. The maximum atomic E-state index is 12.8. The Morgan fingerprint density at radius 2 is 2.29 bits per heavy atom. The number of carbonyl (C=O) groups excluding carboxylic acids is 1. The van der Waals surface area contributed by atoms with Crippen LogP contribution in [0, 0.1) is 6.92 Å². The molecule has 1 atom stereocenters. The van der Waals surface area contributed by atoms with E-state index in [1.54, 1.807) is 18.7 Å². The summed E-state index contributed by atoms with van der Waals surface area (Å²) in [6.45, 7) is 2.62. The first-order valence-electron chi connectivity index (χ1n) is 8.43.